The Bertz CT molecular complexity index is 1010. The molecule has 0 aliphatic carbocycles. The van der Waals surface area contributed by atoms with Crippen LogP contribution >= 0.6 is 0 Å². The minimum absolute atomic E-state index is 0.103. The average Bonchev–Trinajstić information content (AvgIpc) is 3.14. The van der Waals surface area contributed by atoms with E-state index in [1.165, 1.54) is 0 Å². The molecule has 2 heterocycles. The molecule has 3 rings (SSSR count). The van der Waals surface area contributed by atoms with Gasteiger partial charge in [0.25, 0.3) is 5.91 Å². The molecule has 1 aliphatic heterocycles. The SMILES string of the molecule is COc1cc(C(=O)N(C)Cc2c(C)nn(C3CCS(=O)(=O)C3)c2C)ccc1C. The maximum absolute atomic E-state index is 12.9. The van der Waals surface area contributed by atoms with Crippen molar-refractivity contribution in [3.63, 3.8) is 0 Å². The number of ether oxygens (including phenoxy) is 1. The maximum atomic E-state index is 12.9. The average molecular weight is 406 g/mol. The van der Waals surface area contributed by atoms with E-state index in [-0.39, 0.29) is 23.5 Å². The number of nitrogens with zero attached hydrogens (tertiary/aromatic N) is 3. The lowest BCUT2D eigenvalue weighted by Gasteiger charge is -2.19. The molecule has 0 spiro atoms. The number of carbonyl (C=O) groups is 1. The number of aryl methyl sites for hydroxylation is 2. The van der Waals surface area contributed by atoms with Crippen LogP contribution in [0.15, 0.2) is 18.2 Å². The van der Waals surface area contributed by atoms with Gasteiger partial charge in [0, 0.05) is 30.4 Å². The maximum Gasteiger partial charge on any atom is 0.254 e. The van der Waals surface area contributed by atoms with E-state index in [4.69, 9.17) is 4.74 Å². The van der Waals surface area contributed by atoms with Gasteiger partial charge in [0.05, 0.1) is 30.4 Å². The Hall–Kier alpha value is -2.35. The van der Waals surface area contributed by atoms with Crippen LogP contribution in [0.1, 0.15) is 45.3 Å². The molecule has 1 atom stereocenters. The molecule has 2 aromatic rings. The quantitative estimate of drug-likeness (QED) is 0.763. The molecule has 8 heteroatoms. The minimum atomic E-state index is -2.98. The Morgan fingerprint density at radius 1 is 1.32 bits per heavy atom. The van der Waals surface area contributed by atoms with Gasteiger partial charge in [0.1, 0.15) is 5.75 Å². The zero-order valence-electron chi connectivity index (χ0n) is 17.0. The summed E-state index contributed by atoms with van der Waals surface area (Å²) in [5.41, 5.74) is 4.23. The molecule has 1 saturated heterocycles. The van der Waals surface area contributed by atoms with Crippen molar-refractivity contribution in [1.82, 2.24) is 14.7 Å². The molecule has 1 unspecified atom stereocenters. The highest BCUT2D eigenvalue weighted by Crippen LogP contribution is 2.27. The van der Waals surface area contributed by atoms with Crippen LogP contribution in [0.25, 0.3) is 0 Å². The molecular formula is C20H27N3O4S. The van der Waals surface area contributed by atoms with Crippen molar-refractivity contribution in [1.29, 1.82) is 0 Å². The molecule has 1 fully saturated rings. The number of methoxy groups -OCH3 is 1. The molecule has 7 nitrogen and oxygen atoms in total. The highest BCUT2D eigenvalue weighted by Gasteiger charge is 2.31. The van der Waals surface area contributed by atoms with Gasteiger partial charge < -0.3 is 9.64 Å². The third-order valence-electron chi connectivity index (χ3n) is 5.43. The molecular weight excluding hydrogens is 378 g/mol. The minimum Gasteiger partial charge on any atom is -0.496 e. The van der Waals surface area contributed by atoms with E-state index in [9.17, 15) is 13.2 Å². The second-order valence-electron chi connectivity index (χ2n) is 7.50. The van der Waals surface area contributed by atoms with Crippen molar-refractivity contribution in [2.45, 2.75) is 39.8 Å². The zero-order chi connectivity index (χ0) is 20.6. The number of rotatable bonds is 5. The number of hydrogen-bond acceptors (Lipinski definition) is 5. The normalized spacial score (nSPS) is 18.2. The molecule has 152 valence electrons. The van der Waals surface area contributed by atoms with Crippen molar-refractivity contribution < 1.29 is 17.9 Å². The van der Waals surface area contributed by atoms with Crippen LogP contribution in [-0.4, -0.2) is 54.7 Å². The highest BCUT2D eigenvalue weighted by atomic mass is 32.2. The summed E-state index contributed by atoms with van der Waals surface area (Å²) in [7, 11) is 0.359. The summed E-state index contributed by atoms with van der Waals surface area (Å²) >= 11 is 0. The Morgan fingerprint density at radius 2 is 2.04 bits per heavy atom. The second-order valence-corrected chi connectivity index (χ2v) is 9.73. The summed E-state index contributed by atoms with van der Waals surface area (Å²) in [6.07, 6.45) is 0.585. The molecule has 1 aliphatic rings. The molecule has 1 aromatic carbocycles. The summed E-state index contributed by atoms with van der Waals surface area (Å²) < 4.78 is 30.8. The van der Waals surface area contributed by atoms with E-state index < -0.39 is 9.84 Å². The third-order valence-corrected chi connectivity index (χ3v) is 7.18. The first-order chi connectivity index (χ1) is 13.1. The van der Waals surface area contributed by atoms with Gasteiger partial charge in [0.15, 0.2) is 9.84 Å². The summed E-state index contributed by atoms with van der Waals surface area (Å²) in [5, 5.41) is 4.58. The number of sulfone groups is 1. The monoisotopic (exact) mass is 405 g/mol. The Balaban J connectivity index is 1.81. The van der Waals surface area contributed by atoms with Gasteiger partial charge in [-0.15, -0.1) is 0 Å². The Labute approximate surface area is 166 Å². The van der Waals surface area contributed by atoms with Gasteiger partial charge >= 0.3 is 0 Å². The molecule has 0 bridgehead atoms. The smallest absolute Gasteiger partial charge is 0.254 e. The summed E-state index contributed by atoms with van der Waals surface area (Å²) in [5.74, 6) is 0.917. The molecule has 1 amide bonds. The van der Waals surface area contributed by atoms with Crippen LogP contribution in [0.5, 0.6) is 5.75 Å². The molecule has 0 N–H and O–H groups in total. The topological polar surface area (TPSA) is 81.5 Å². The predicted molar refractivity (Wildman–Crippen MR) is 108 cm³/mol. The molecule has 1 aromatic heterocycles. The van der Waals surface area contributed by atoms with Gasteiger partial charge in [0.2, 0.25) is 0 Å². The number of amides is 1. The Morgan fingerprint density at radius 3 is 2.64 bits per heavy atom. The van der Waals surface area contributed by atoms with Crippen LogP contribution in [0.4, 0.5) is 0 Å². The fourth-order valence-electron chi connectivity index (χ4n) is 3.73. The van der Waals surface area contributed by atoms with Crippen LogP contribution in [0.3, 0.4) is 0 Å². The summed E-state index contributed by atoms with van der Waals surface area (Å²) in [6.45, 7) is 6.18. The molecule has 0 saturated carbocycles. The van der Waals surface area contributed by atoms with Gasteiger partial charge in [-0.3, -0.25) is 9.48 Å². The van der Waals surface area contributed by atoms with Crippen LogP contribution < -0.4 is 4.74 Å². The van der Waals surface area contributed by atoms with E-state index >= 15 is 0 Å². The van der Waals surface area contributed by atoms with E-state index in [1.54, 1.807) is 31.2 Å². The zero-order valence-corrected chi connectivity index (χ0v) is 17.8. The second kappa shape index (κ2) is 7.58. The van der Waals surface area contributed by atoms with Gasteiger partial charge in [-0.1, -0.05) is 6.07 Å². The standard InChI is InChI=1S/C20H27N3O4S/c1-13-6-7-16(10-19(13)27-5)20(24)22(4)11-18-14(2)21-23(15(18)3)17-8-9-28(25,26)12-17/h6-7,10,17H,8-9,11-12H2,1-5H3. The lowest BCUT2D eigenvalue weighted by atomic mass is 10.1. The van der Waals surface area contributed by atoms with Crippen LogP contribution in [0, 0.1) is 20.8 Å². The predicted octanol–water partition coefficient (Wildman–Crippen LogP) is 2.45. The third kappa shape index (κ3) is 3.92. The van der Waals surface area contributed by atoms with E-state index in [0.717, 1.165) is 22.5 Å². The fraction of sp³-hybridized carbons (Fsp3) is 0.500. The van der Waals surface area contributed by atoms with Gasteiger partial charge in [-0.05, 0) is 44.9 Å². The first-order valence-corrected chi connectivity index (χ1v) is 11.1. The summed E-state index contributed by atoms with van der Waals surface area (Å²) in [4.78, 5) is 14.5. The first kappa shape index (κ1) is 20.4. The summed E-state index contributed by atoms with van der Waals surface area (Å²) in [6, 6.07) is 5.29. The van der Waals surface area contributed by atoms with Gasteiger partial charge in [-0.2, -0.15) is 5.10 Å². The van der Waals surface area contributed by atoms with E-state index in [0.29, 0.717) is 24.3 Å². The molecule has 0 radical (unpaired) electrons. The van der Waals surface area contributed by atoms with Crippen molar-refractivity contribution >= 4 is 15.7 Å². The highest BCUT2D eigenvalue weighted by molar-refractivity contribution is 7.91. The Kier molecular flexibility index (Phi) is 5.52. The van der Waals surface area contributed by atoms with E-state index in [2.05, 4.69) is 5.10 Å². The largest absolute Gasteiger partial charge is 0.496 e. The van der Waals surface area contributed by atoms with Crippen LogP contribution in [0.2, 0.25) is 0 Å². The van der Waals surface area contributed by atoms with Crippen molar-refractivity contribution in [3.05, 3.63) is 46.3 Å². The first-order valence-electron chi connectivity index (χ1n) is 9.28. The number of hydrogen-bond donors (Lipinski definition) is 0. The number of aromatic nitrogens is 2. The van der Waals surface area contributed by atoms with Crippen molar-refractivity contribution in [2.75, 3.05) is 25.7 Å². The fourth-order valence-corrected chi connectivity index (χ4v) is 5.42. The van der Waals surface area contributed by atoms with Crippen molar-refractivity contribution in [2.24, 2.45) is 0 Å². The van der Waals surface area contributed by atoms with Gasteiger partial charge in [-0.25, -0.2) is 8.42 Å². The van der Waals surface area contributed by atoms with E-state index in [1.807, 2.05) is 31.5 Å². The number of benzene rings is 1. The molecule has 28 heavy (non-hydrogen) atoms. The number of carbonyl (C=O) groups excluding carboxylic acids is 1. The lowest BCUT2D eigenvalue weighted by Crippen LogP contribution is -2.27. The lowest BCUT2D eigenvalue weighted by molar-refractivity contribution is 0.0784. The van der Waals surface area contributed by atoms with Crippen molar-refractivity contribution in [3.8, 4) is 5.75 Å². The van der Waals surface area contributed by atoms with Crippen LogP contribution in [-0.2, 0) is 16.4 Å².